The van der Waals surface area contributed by atoms with E-state index in [-0.39, 0.29) is 6.10 Å². The molecule has 0 amide bonds. The van der Waals surface area contributed by atoms with Crippen LogP contribution in [-0.2, 0) is 0 Å². The minimum absolute atomic E-state index is 0.230. The number of rotatable bonds is 5. The van der Waals surface area contributed by atoms with Crippen LogP contribution < -0.4 is 10.1 Å². The third kappa shape index (κ3) is 5.23. The van der Waals surface area contributed by atoms with Gasteiger partial charge in [-0.1, -0.05) is 26.0 Å². The van der Waals surface area contributed by atoms with Crippen LogP contribution in [0.25, 0.3) is 0 Å². The number of nitrogens with one attached hydrogen (secondary N) is 1. The highest BCUT2D eigenvalue weighted by atomic mass is 32.2. The molecule has 1 N–H and O–H groups in total. The Morgan fingerprint density at radius 3 is 2.43 bits per heavy atom. The second kappa shape index (κ2) is 7.06. The Labute approximate surface area is 134 Å². The van der Waals surface area contributed by atoms with Crippen molar-refractivity contribution in [2.24, 2.45) is 5.41 Å². The van der Waals surface area contributed by atoms with Crippen LogP contribution in [0.5, 0.6) is 5.75 Å². The summed E-state index contributed by atoms with van der Waals surface area (Å²) in [6.45, 7) is 11.1. The molecule has 2 rings (SSSR count). The third-order valence-corrected chi connectivity index (χ3v) is 5.47. The molecular weight excluding hydrogens is 278 g/mol. The third-order valence-electron chi connectivity index (χ3n) is 3.85. The van der Waals surface area contributed by atoms with Crippen molar-refractivity contribution >= 4 is 11.8 Å². The standard InChI is InChI=1S/C18H29NOS/c1-13(2)20-17-8-6-15(7-9-17)14(3)19-16-10-18(4,5)12-21-11-16/h6-9,13-14,16,19H,10-12H2,1-5H3. The molecule has 1 aromatic rings. The van der Waals surface area contributed by atoms with Crippen molar-refractivity contribution in [3.8, 4) is 5.75 Å². The van der Waals surface area contributed by atoms with E-state index in [1.54, 1.807) is 0 Å². The maximum Gasteiger partial charge on any atom is 0.119 e. The average Bonchev–Trinajstić information content (AvgIpc) is 2.37. The molecule has 2 atom stereocenters. The van der Waals surface area contributed by atoms with Crippen LogP contribution in [-0.4, -0.2) is 23.7 Å². The van der Waals surface area contributed by atoms with Gasteiger partial charge in [0.05, 0.1) is 6.10 Å². The van der Waals surface area contributed by atoms with Crippen LogP contribution in [0.4, 0.5) is 0 Å². The van der Waals surface area contributed by atoms with Gasteiger partial charge in [-0.25, -0.2) is 0 Å². The van der Waals surface area contributed by atoms with Crippen molar-refractivity contribution in [2.45, 2.75) is 59.2 Å². The zero-order valence-corrected chi connectivity index (χ0v) is 14.8. The fourth-order valence-corrected chi connectivity index (χ4v) is 4.21. The first-order valence-corrected chi connectivity index (χ1v) is 9.11. The Kier molecular flexibility index (Phi) is 5.61. The molecule has 1 aliphatic heterocycles. The van der Waals surface area contributed by atoms with E-state index >= 15 is 0 Å². The number of thioether (sulfide) groups is 1. The Bertz CT molecular complexity index is 441. The lowest BCUT2D eigenvalue weighted by atomic mass is 9.87. The monoisotopic (exact) mass is 307 g/mol. The zero-order chi connectivity index (χ0) is 15.5. The quantitative estimate of drug-likeness (QED) is 0.855. The predicted octanol–water partition coefficient (Wildman–Crippen LogP) is 4.66. The molecule has 2 nitrogen and oxygen atoms in total. The van der Waals surface area contributed by atoms with Crippen LogP contribution in [0.3, 0.4) is 0 Å². The van der Waals surface area contributed by atoms with Crippen LogP contribution in [0.2, 0.25) is 0 Å². The smallest absolute Gasteiger partial charge is 0.119 e. The lowest BCUT2D eigenvalue weighted by Crippen LogP contribution is -2.41. The van der Waals surface area contributed by atoms with E-state index in [1.165, 1.54) is 23.5 Å². The molecule has 0 spiro atoms. The molecule has 0 aliphatic carbocycles. The first kappa shape index (κ1) is 16.7. The molecule has 1 aromatic carbocycles. The second-order valence-corrected chi connectivity index (χ2v) is 8.23. The predicted molar refractivity (Wildman–Crippen MR) is 93.3 cm³/mol. The first-order chi connectivity index (χ1) is 9.85. The van der Waals surface area contributed by atoms with Gasteiger partial charge in [0.15, 0.2) is 0 Å². The van der Waals surface area contributed by atoms with Crippen molar-refractivity contribution < 1.29 is 4.74 Å². The zero-order valence-electron chi connectivity index (χ0n) is 14.0. The topological polar surface area (TPSA) is 21.3 Å². The fraction of sp³-hybridized carbons (Fsp3) is 0.667. The number of ether oxygens (including phenoxy) is 1. The minimum Gasteiger partial charge on any atom is -0.491 e. The molecule has 0 bridgehead atoms. The summed E-state index contributed by atoms with van der Waals surface area (Å²) >= 11 is 2.07. The Balaban J connectivity index is 1.92. The summed E-state index contributed by atoms with van der Waals surface area (Å²) in [4.78, 5) is 0. The number of benzene rings is 1. The molecule has 3 heteroatoms. The van der Waals surface area contributed by atoms with E-state index in [2.05, 4.69) is 76.0 Å². The molecular formula is C18H29NOS. The number of hydrogen-bond acceptors (Lipinski definition) is 3. The van der Waals surface area contributed by atoms with Crippen LogP contribution in [0.1, 0.15) is 52.6 Å². The normalized spacial score (nSPS) is 23.0. The number of hydrogen-bond donors (Lipinski definition) is 1. The van der Waals surface area contributed by atoms with Crippen molar-refractivity contribution in [2.75, 3.05) is 11.5 Å². The molecule has 1 aliphatic rings. The highest BCUT2D eigenvalue weighted by Gasteiger charge is 2.29. The summed E-state index contributed by atoms with van der Waals surface area (Å²) in [5.41, 5.74) is 1.79. The van der Waals surface area contributed by atoms with Crippen LogP contribution in [0.15, 0.2) is 24.3 Å². The summed E-state index contributed by atoms with van der Waals surface area (Å²) in [7, 11) is 0. The minimum atomic E-state index is 0.230. The summed E-state index contributed by atoms with van der Waals surface area (Å²) in [5, 5.41) is 3.79. The van der Waals surface area contributed by atoms with Gasteiger partial charge in [-0.15, -0.1) is 0 Å². The molecule has 1 fully saturated rings. The van der Waals surface area contributed by atoms with Gasteiger partial charge in [-0.3, -0.25) is 0 Å². The Morgan fingerprint density at radius 1 is 1.19 bits per heavy atom. The van der Waals surface area contributed by atoms with E-state index in [0.29, 0.717) is 17.5 Å². The van der Waals surface area contributed by atoms with Crippen molar-refractivity contribution in [1.29, 1.82) is 0 Å². The van der Waals surface area contributed by atoms with Gasteiger partial charge in [-0.05, 0) is 56.1 Å². The van der Waals surface area contributed by atoms with E-state index < -0.39 is 0 Å². The molecule has 0 aromatic heterocycles. The van der Waals surface area contributed by atoms with Gasteiger partial charge < -0.3 is 10.1 Å². The molecule has 21 heavy (non-hydrogen) atoms. The SMILES string of the molecule is CC(C)Oc1ccc(C(C)NC2CSCC(C)(C)C2)cc1. The van der Waals surface area contributed by atoms with Crippen LogP contribution in [0, 0.1) is 5.41 Å². The summed E-state index contributed by atoms with van der Waals surface area (Å²) in [5.74, 6) is 3.46. The second-order valence-electron chi connectivity index (χ2n) is 7.20. The first-order valence-electron chi connectivity index (χ1n) is 7.96. The summed E-state index contributed by atoms with van der Waals surface area (Å²) in [6, 6.07) is 9.51. The van der Waals surface area contributed by atoms with Crippen LogP contribution >= 0.6 is 11.8 Å². The molecule has 0 saturated carbocycles. The van der Waals surface area contributed by atoms with E-state index in [1.807, 2.05) is 0 Å². The van der Waals surface area contributed by atoms with Gasteiger partial charge in [0.25, 0.3) is 0 Å². The van der Waals surface area contributed by atoms with E-state index in [9.17, 15) is 0 Å². The van der Waals surface area contributed by atoms with Gasteiger partial charge in [-0.2, -0.15) is 11.8 Å². The van der Waals surface area contributed by atoms with Gasteiger partial charge in [0.2, 0.25) is 0 Å². The largest absolute Gasteiger partial charge is 0.491 e. The molecule has 1 saturated heterocycles. The van der Waals surface area contributed by atoms with Crippen molar-refractivity contribution in [1.82, 2.24) is 5.32 Å². The van der Waals surface area contributed by atoms with E-state index in [4.69, 9.17) is 4.74 Å². The highest BCUT2D eigenvalue weighted by molar-refractivity contribution is 7.99. The lowest BCUT2D eigenvalue weighted by Gasteiger charge is -2.36. The molecule has 2 unspecified atom stereocenters. The fourth-order valence-electron chi connectivity index (χ4n) is 2.93. The van der Waals surface area contributed by atoms with Gasteiger partial charge >= 0.3 is 0 Å². The van der Waals surface area contributed by atoms with Crippen molar-refractivity contribution in [3.05, 3.63) is 29.8 Å². The Hall–Kier alpha value is -0.670. The van der Waals surface area contributed by atoms with Gasteiger partial charge in [0, 0.05) is 17.8 Å². The van der Waals surface area contributed by atoms with Crippen molar-refractivity contribution in [3.63, 3.8) is 0 Å². The maximum atomic E-state index is 5.70. The summed E-state index contributed by atoms with van der Waals surface area (Å²) in [6.07, 6.45) is 1.49. The summed E-state index contributed by atoms with van der Waals surface area (Å²) < 4.78 is 5.70. The van der Waals surface area contributed by atoms with Gasteiger partial charge in [0.1, 0.15) is 5.75 Å². The molecule has 118 valence electrons. The maximum absolute atomic E-state index is 5.70. The lowest BCUT2D eigenvalue weighted by molar-refractivity contribution is 0.242. The Morgan fingerprint density at radius 2 is 1.86 bits per heavy atom. The highest BCUT2D eigenvalue weighted by Crippen LogP contribution is 2.34. The average molecular weight is 308 g/mol. The molecule has 0 radical (unpaired) electrons. The van der Waals surface area contributed by atoms with E-state index in [0.717, 1.165) is 5.75 Å². The molecule has 1 heterocycles.